The Labute approximate surface area is 193 Å². The Balaban J connectivity index is 1.80. The van der Waals surface area contributed by atoms with E-state index in [0.717, 1.165) is 24.2 Å². The van der Waals surface area contributed by atoms with Crippen molar-refractivity contribution in [3.05, 3.63) is 64.7 Å². The van der Waals surface area contributed by atoms with E-state index in [1.54, 1.807) is 13.2 Å². The number of rotatable bonds is 8. The second-order valence-electron chi connectivity index (χ2n) is 8.12. The van der Waals surface area contributed by atoms with Crippen LogP contribution in [0, 0.1) is 0 Å². The summed E-state index contributed by atoms with van der Waals surface area (Å²) in [5.41, 5.74) is 2.28. The third-order valence-corrected chi connectivity index (χ3v) is 5.95. The molecule has 174 valence electrons. The fourth-order valence-electron chi connectivity index (χ4n) is 4.44. The van der Waals surface area contributed by atoms with E-state index in [4.69, 9.17) is 14.2 Å². The molecule has 1 N–H and O–H groups in total. The zero-order chi connectivity index (χ0) is 23.4. The van der Waals surface area contributed by atoms with Crippen molar-refractivity contribution in [2.24, 2.45) is 0 Å². The van der Waals surface area contributed by atoms with Gasteiger partial charge in [0.25, 0.3) is 11.7 Å². The van der Waals surface area contributed by atoms with E-state index in [2.05, 4.69) is 0 Å². The van der Waals surface area contributed by atoms with Crippen molar-refractivity contribution in [1.29, 1.82) is 0 Å². The largest absolute Gasteiger partial charge is 0.507 e. The van der Waals surface area contributed by atoms with E-state index in [9.17, 15) is 14.7 Å². The van der Waals surface area contributed by atoms with E-state index < -0.39 is 17.7 Å². The number of carbonyl (C=O) groups excluding carboxylic acids is 2. The van der Waals surface area contributed by atoms with Crippen molar-refractivity contribution >= 4 is 17.4 Å². The monoisotopic (exact) mass is 451 g/mol. The molecule has 0 saturated carbocycles. The summed E-state index contributed by atoms with van der Waals surface area (Å²) in [6, 6.07) is 12.0. The van der Waals surface area contributed by atoms with Gasteiger partial charge >= 0.3 is 0 Å². The predicted octanol–water partition coefficient (Wildman–Crippen LogP) is 3.87. The van der Waals surface area contributed by atoms with Gasteiger partial charge in [0.1, 0.15) is 17.3 Å². The molecule has 4 rings (SSSR count). The van der Waals surface area contributed by atoms with Crippen LogP contribution in [-0.4, -0.2) is 55.2 Å². The Morgan fingerprint density at radius 3 is 2.85 bits per heavy atom. The Hall–Kier alpha value is -3.32. The van der Waals surface area contributed by atoms with Crippen LogP contribution in [0.5, 0.6) is 11.5 Å². The first-order chi connectivity index (χ1) is 16.0. The number of aliphatic hydroxyl groups excluding tert-OH is 1. The minimum absolute atomic E-state index is 0.0859. The van der Waals surface area contributed by atoms with E-state index in [0.29, 0.717) is 49.7 Å². The summed E-state index contributed by atoms with van der Waals surface area (Å²) < 4.78 is 16.4. The molecule has 0 radical (unpaired) electrons. The van der Waals surface area contributed by atoms with Crippen LogP contribution in [0.1, 0.15) is 42.5 Å². The first kappa shape index (κ1) is 22.9. The lowest BCUT2D eigenvalue weighted by atomic mass is 9.94. The second-order valence-corrected chi connectivity index (χ2v) is 8.12. The predicted molar refractivity (Wildman–Crippen MR) is 123 cm³/mol. The molecule has 1 fully saturated rings. The summed E-state index contributed by atoms with van der Waals surface area (Å²) in [7, 11) is 1.59. The van der Waals surface area contributed by atoms with Gasteiger partial charge in [0.2, 0.25) is 0 Å². The molecule has 1 saturated heterocycles. The van der Waals surface area contributed by atoms with Gasteiger partial charge in [-0.2, -0.15) is 0 Å². The summed E-state index contributed by atoms with van der Waals surface area (Å²) in [5.74, 6) is -0.0589. The average molecular weight is 452 g/mol. The van der Waals surface area contributed by atoms with Crippen molar-refractivity contribution < 1.29 is 28.9 Å². The maximum Gasteiger partial charge on any atom is 0.295 e. The third kappa shape index (κ3) is 4.59. The fraction of sp³-hybridized carbons (Fsp3) is 0.385. The zero-order valence-electron chi connectivity index (χ0n) is 19.0. The van der Waals surface area contributed by atoms with E-state index in [1.807, 2.05) is 43.3 Å². The summed E-state index contributed by atoms with van der Waals surface area (Å²) in [6.07, 6.45) is 2.30. The van der Waals surface area contributed by atoms with Crippen molar-refractivity contribution in [2.45, 2.75) is 32.2 Å². The van der Waals surface area contributed by atoms with Crippen LogP contribution in [0.3, 0.4) is 0 Å². The number of hydrogen-bond acceptors (Lipinski definition) is 6. The molecule has 2 aromatic carbocycles. The van der Waals surface area contributed by atoms with E-state index in [1.165, 1.54) is 4.90 Å². The fourth-order valence-corrected chi connectivity index (χ4v) is 4.44. The number of carbonyl (C=O) groups is 2. The normalized spacial score (nSPS) is 19.3. The number of fused-ring (bicyclic) bond motifs is 1. The number of nitrogens with zero attached hydrogens (tertiary/aromatic N) is 1. The minimum atomic E-state index is -0.713. The Morgan fingerprint density at radius 2 is 2.06 bits per heavy atom. The molecule has 7 heteroatoms. The van der Waals surface area contributed by atoms with Crippen molar-refractivity contribution in [3.63, 3.8) is 0 Å². The van der Waals surface area contributed by atoms with Crippen LogP contribution in [-0.2, 0) is 20.7 Å². The van der Waals surface area contributed by atoms with Gasteiger partial charge < -0.3 is 24.2 Å². The molecule has 0 spiro atoms. The molecule has 2 aliphatic rings. The average Bonchev–Trinajstić information content (AvgIpc) is 3.09. The van der Waals surface area contributed by atoms with Crippen molar-refractivity contribution in [3.8, 4) is 11.5 Å². The molecule has 1 amide bonds. The smallest absolute Gasteiger partial charge is 0.295 e. The molecule has 0 aromatic heterocycles. The van der Waals surface area contributed by atoms with Gasteiger partial charge in [0, 0.05) is 25.8 Å². The van der Waals surface area contributed by atoms with Gasteiger partial charge in [-0.3, -0.25) is 9.59 Å². The summed E-state index contributed by atoms with van der Waals surface area (Å²) in [4.78, 5) is 27.7. The standard InChI is InChI=1S/C26H29NO6/c1-3-32-20-9-4-7-18(16-20)23-22(25(29)26(30)27(23)12-6-13-31-2)24(28)19-10-11-21-17(15-19)8-5-14-33-21/h4,7,9-11,15-16,23,28H,3,5-6,8,12-14H2,1-2H3/b24-22-. The molecule has 0 bridgehead atoms. The molecule has 7 nitrogen and oxygen atoms in total. The van der Waals surface area contributed by atoms with Gasteiger partial charge in [0.15, 0.2) is 0 Å². The third-order valence-electron chi connectivity index (χ3n) is 5.95. The number of ketones is 1. The maximum atomic E-state index is 13.2. The van der Waals surface area contributed by atoms with Gasteiger partial charge in [0.05, 0.1) is 24.8 Å². The zero-order valence-corrected chi connectivity index (χ0v) is 19.0. The van der Waals surface area contributed by atoms with Crippen molar-refractivity contribution in [2.75, 3.05) is 33.5 Å². The summed E-state index contributed by atoms with van der Waals surface area (Å²) in [5, 5.41) is 11.3. The SMILES string of the molecule is CCOc1cccc(C2/C(=C(/O)c3ccc4c(c3)CCCO4)C(=O)C(=O)N2CCCOC)c1. The molecule has 33 heavy (non-hydrogen) atoms. The summed E-state index contributed by atoms with van der Waals surface area (Å²) >= 11 is 0. The van der Waals surface area contributed by atoms with Gasteiger partial charge in [-0.1, -0.05) is 12.1 Å². The van der Waals surface area contributed by atoms with E-state index in [-0.39, 0.29) is 11.3 Å². The van der Waals surface area contributed by atoms with Crippen LogP contribution in [0.15, 0.2) is 48.0 Å². The number of amides is 1. The van der Waals surface area contributed by atoms with Crippen LogP contribution < -0.4 is 9.47 Å². The quantitative estimate of drug-likeness (QED) is 0.284. The molecular weight excluding hydrogens is 422 g/mol. The molecule has 1 atom stereocenters. The molecule has 2 aliphatic heterocycles. The molecule has 1 unspecified atom stereocenters. The number of Topliss-reactive ketones (excluding diaryl/α,β-unsaturated/α-hetero) is 1. The molecule has 0 aliphatic carbocycles. The number of hydrogen-bond donors (Lipinski definition) is 1. The topological polar surface area (TPSA) is 85.3 Å². The van der Waals surface area contributed by atoms with Gasteiger partial charge in [-0.05, 0) is 67.6 Å². The lowest BCUT2D eigenvalue weighted by Crippen LogP contribution is -2.31. The highest BCUT2D eigenvalue weighted by molar-refractivity contribution is 6.46. The first-order valence-electron chi connectivity index (χ1n) is 11.3. The van der Waals surface area contributed by atoms with Crippen LogP contribution >= 0.6 is 0 Å². The lowest BCUT2D eigenvalue weighted by molar-refractivity contribution is -0.140. The number of aryl methyl sites for hydroxylation is 1. The second kappa shape index (κ2) is 10.1. The number of ether oxygens (including phenoxy) is 3. The van der Waals surface area contributed by atoms with Crippen LogP contribution in [0.2, 0.25) is 0 Å². The first-order valence-corrected chi connectivity index (χ1v) is 11.3. The van der Waals surface area contributed by atoms with Crippen molar-refractivity contribution in [1.82, 2.24) is 4.90 Å². The minimum Gasteiger partial charge on any atom is -0.507 e. The van der Waals surface area contributed by atoms with Crippen LogP contribution in [0.25, 0.3) is 5.76 Å². The number of benzene rings is 2. The molecule has 2 heterocycles. The van der Waals surface area contributed by atoms with Crippen LogP contribution in [0.4, 0.5) is 0 Å². The Morgan fingerprint density at radius 1 is 1.21 bits per heavy atom. The molecular formula is C26H29NO6. The molecule has 2 aromatic rings. The highest BCUT2D eigenvalue weighted by atomic mass is 16.5. The Kier molecular flexibility index (Phi) is 6.99. The van der Waals surface area contributed by atoms with Gasteiger partial charge in [-0.25, -0.2) is 0 Å². The highest BCUT2D eigenvalue weighted by Crippen LogP contribution is 2.41. The number of methoxy groups -OCH3 is 1. The Bertz CT molecular complexity index is 1080. The van der Waals surface area contributed by atoms with Gasteiger partial charge in [-0.15, -0.1) is 0 Å². The van der Waals surface area contributed by atoms with E-state index >= 15 is 0 Å². The number of aliphatic hydroxyl groups is 1. The number of likely N-dealkylation sites (tertiary alicyclic amines) is 1. The maximum absolute atomic E-state index is 13.2. The summed E-state index contributed by atoms with van der Waals surface area (Å²) in [6.45, 7) is 3.84. The highest BCUT2D eigenvalue weighted by Gasteiger charge is 2.46. The lowest BCUT2D eigenvalue weighted by Gasteiger charge is -2.25.